The van der Waals surface area contributed by atoms with Crippen LogP contribution in [0.5, 0.6) is 0 Å². The summed E-state index contributed by atoms with van der Waals surface area (Å²) >= 11 is 0. The van der Waals surface area contributed by atoms with E-state index < -0.39 is 0 Å². The fraction of sp³-hybridized carbons (Fsp3) is 0.611. The van der Waals surface area contributed by atoms with Crippen molar-refractivity contribution in [2.75, 3.05) is 26.7 Å². The molecule has 0 saturated carbocycles. The van der Waals surface area contributed by atoms with Crippen molar-refractivity contribution in [1.82, 2.24) is 19.4 Å². The van der Waals surface area contributed by atoms with Crippen LogP contribution in [0.15, 0.2) is 28.9 Å². The number of likely N-dealkylation sites (tertiary alicyclic amines) is 1. The minimum Gasteiger partial charge on any atom is -0.465 e. The molecule has 0 N–H and O–H groups in total. The highest BCUT2D eigenvalue weighted by molar-refractivity contribution is 5.05. The predicted octanol–water partition coefficient (Wildman–Crippen LogP) is 2.67. The van der Waals surface area contributed by atoms with Gasteiger partial charge in [0.2, 0.25) is 0 Å². The fourth-order valence-corrected chi connectivity index (χ4v) is 3.41. The Morgan fingerprint density at radius 2 is 2.09 bits per heavy atom. The van der Waals surface area contributed by atoms with Crippen molar-refractivity contribution in [3.63, 3.8) is 0 Å². The monoisotopic (exact) mass is 316 g/mol. The van der Waals surface area contributed by atoms with Gasteiger partial charge in [-0.1, -0.05) is 0 Å². The molecule has 0 aromatic carbocycles. The van der Waals surface area contributed by atoms with Gasteiger partial charge in [0.25, 0.3) is 0 Å². The summed E-state index contributed by atoms with van der Waals surface area (Å²) < 4.78 is 7.79. The van der Waals surface area contributed by atoms with E-state index in [9.17, 15) is 0 Å². The molecule has 23 heavy (non-hydrogen) atoms. The van der Waals surface area contributed by atoms with E-state index in [4.69, 9.17) is 4.42 Å². The van der Waals surface area contributed by atoms with Crippen LogP contribution in [-0.4, -0.2) is 46.0 Å². The Hall–Kier alpha value is -1.59. The Kier molecular flexibility index (Phi) is 5.18. The topological polar surface area (TPSA) is 37.4 Å². The molecule has 3 heterocycles. The van der Waals surface area contributed by atoms with Gasteiger partial charge >= 0.3 is 0 Å². The summed E-state index contributed by atoms with van der Waals surface area (Å²) in [5.41, 5.74) is 0. The first-order valence-corrected chi connectivity index (χ1v) is 8.52. The molecule has 0 spiro atoms. The Labute approximate surface area is 138 Å². The number of furan rings is 1. The molecule has 3 rings (SSSR count). The number of hydrogen-bond acceptors (Lipinski definition) is 4. The SMILES string of the molecule is Cc1ccc(CN2CCC(CN(C)Cc3nccn3C)CC2)o1. The second-order valence-electron chi connectivity index (χ2n) is 6.88. The van der Waals surface area contributed by atoms with Crippen molar-refractivity contribution in [1.29, 1.82) is 0 Å². The fourth-order valence-electron chi connectivity index (χ4n) is 3.41. The lowest BCUT2D eigenvalue weighted by Gasteiger charge is -2.33. The van der Waals surface area contributed by atoms with Crippen molar-refractivity contribution in [2.45, 2.75) is 32.9 Å². The molecule has 0 unspecified atom stereocenters. The first-order chi connectivity index (χ1) is 11.1. The molecule has 1 aliphatic rings. The zero-order chi connectivity index (χ0) is 16.2. The molecular formula is C18H28N4O. The van der Waals surface area contributed by atoms with Gasteiger partial charge in [-0.2, -0.15) is 0 Å². The standard InChI is InChI=1S/C18H28N4O/c1-15-4-5-17(23-15)13-22-9-6-16(7-10-22)12-20(2)14-18-19-8-11-21(18)3/h4-5,8,11,16H,6-7,9-10,12-14H2,1-3H3. The summed E-state index contributed by atoms with van der Waals surface area (Å²) in [7, 11) is 4.26. The van der Waals surface area contributed by atoms with Gasteiger partial charge in [-0.05, 0) is 58.0 Å². The molecule has 0 amide bonds. The maximum absolute atomic E-state index is 5.69. The summed E-state index contributed by atoms with van der Waals surface area (Å²) in [6.07, 6.45) is 6.42. The van der Waals surface area contributed by atoms with E-state index in [-0.39, 0.29) is 0 Å². The Morgan fingerprint density at radius 3 is 2.70 bits per heavy atom. The van der Waals surface area contributed by atoms with E-state index in [1.165, 1.54) is 25.9 Å². The number of aryl methyl sites for hydroxylation is 2. The van der Waals surface area contributed by atoms with Gasteiger partial charge in [0.15, 0.2) is 0 Å². The van der Waals surface area contributed by atoms with Gasteiger partial charge in [0.1, 0.15) is 17.3 Å². The van der Waals surface area contributed by atoms with Crippen molar-refractivity contribution >= 4 is 0 Å². The number of rotatable bonds is 6. The van der Waals surface area contributed by atoms with Gasteiger partial charge in [-0.25, -0.2) is 4.98 Å². The predicted molar refractivity (Wildman–Crippen MR) is 91.0 cm³/mol. The van der Waals surface area contributed by atoms with Crippen LogP contribution in [0.2, 0.25) is 0 Å². The zero-order valence-corrected chi connectivity index (χ0v) is 14.5. The van der Waals surface area contributed by atoms with E-state index in [2.05, 4.69) is 45.6 Å². The zero-order valence-electron chi connectivity index (χ0n) is 14.5. The Balaban J connectivity index is 1.41. The molecule has 0 bridgehead atoms. The number of imidazole rings is 1. The van der Waals surface area contributed by atoms with Crippen LogP contribution >= 0.6 is 0 Å². The third-order valence-corrected chi connectivity index (χ3v) is 4.78. The van der Waals surface area contributed by atoms with Gasteiger partial charge < -0.3 is 8.98 Å². The Bertz CT molecular complexity index is 610. The maximum Gasteiger partial charge on any atom is 0.122 e. The number of piperidine rings is 1. The van der Waals surface area contributed by atoms with Crippen molar-refractivity contribution < 1.29 is 4.42 Å². The van der Waals surface area contributed by atoms with Gasteiger partial charge in [0, 0.05) is 26.0 Å². The van der Waals surface area contributed by atoms with Gasteiger partial charge in [0.05, 0.1) is 13.1 Å². The first-order valence-electron chi connectivity index (χ1n) is 8.52. The van der Waals surface area contributed by atoms with E-state index in [1.54, 1.807) is 0 Å². The molecule has 2 aromatic rings. The van der Waals surface area contributed by atoms with Crippen LogP contribution in [0.4, 0.5) is 0 Å². The molecule has 1 fully saturated rings. The highest BCUT2D eigenvalue weighted by Gasteiger charge is 2.21. The quantitative estimate of drug-likeness (QED) is 0.821. The second kappa shape index (κ2) is 7.32. The van der Waals surface area contributed by atoms with Crippen molar-refractivity contribution in [2.24, 2.45) is 13.0 Å². The molecule has 0 radical (unpaired) electrons. The summed E-state index contributed by atoms with van der Waals surface area (Å²) in [5.74, 6) is 4.02. The molecule has 1 saturated heterocycles. The summed E-state index contributed by atoms with van der Waals surface area (Å²) in [6.45, 7) is 7.37. The average Bonchev–Trinajstić information content (AvgIpc) is 3.10. The third kappa shape index (κ3) is 4.45. The lowest BCUT2D eigenvalue weighted by Crippen LogP contribution is -2.37. The summed E-state index contributed by atoms with van der Waals surface area (Å²) in [4.78, 5) is 9.32. The largest absolute Gasteiger partial charge is 0.465 e. The average molecular weight is 316 g/mol. The molecule has 1 aliphatic heterocycles. The van der Waals surface area contributed by atoms with Crippen LogP contribution in [0.3, 0.4) is 0 Å². The maximum atomic E-state index is 5.69. The van der Waals surface area contributed by atoms with Gasteiger partial charge in [-0.3, -0.25) is 9.80 Å². The molecule has 5 heteroatoms. The number of aromatic nitrogens is 2. The van der Waals surface area contributed by atoms with E-state index >= 15 is 0 Å². The van der Waals surface area contributed by atoms with Gasteiger partial charge in [-0.15, -0.1) is 0 Å². The Morgan fingerprint density at radius 1 is 1.30 bits per heavy atom. The number of nitrogens with zero attached hydrogens (tertiary/aromatic N) is 4. The van der Waals surface area contributed by atoms with E-state index in [0.29, 0.717) is 0 Å². The lowest BCUT2D eigenvalue weighted by atomic mass is 9.96. The first kappa shape index (κ1) is 16.3. The normalized spacial score (nSPS) is 17.2. The van der Waals surface area contributed by atoms with Crippen LogP contribution in [0, 0.1) is 12.8 Å². The van der Waals surface area contributed by atoms with Crippen LogP contribution in [-0.2, 0) is 20.1 Å². The minimum atomic E-state index is 0.787. The smallest absolute Gasteiger partial charge is 0.122 e. The summed E-state index contributed by atoms with van der Waals surface area (Å²) in [5, 5.41) is 0. The van der Waals surface area contributed by atoms with Crippen molar-refractivity contribution in [3.8, 4) is 0 Å². The highest BCUT2D eigenvalue weighted by Crippen LogP contribution is 2.21. The van der Waals surface area contributed by atoms with Crippen LogP contribution in [0.1, 0.15) is 30.2 Å². The molecule has 126 valence electrons. The highest BCUT2D eigenvalue weighted by atomic mass is 16.3. The third-order valence-electron chi connectivity index (χ3n) is 4.78. The molecule has 0 aliphatic carbocycles. The lowest BCUT2D eigenvalue weighted by molar-refractivity contribution is 0.139. The molecular weight excluding hydrogens is 288 g/mol. The van der Waals surface area contributed by atoms with Crippen molar-refractivity contribution in [3.05, 3.63) is 41.9 Å². The summed E-state index contributed by atoms with van der Waals surface area (Å²) in [6, 6.07) is 4.15. The van der Waals surface area contributed by atoms with Crippen LogP contribution < -0.4 is 0 Å². The minimum absolute atomic E-state index is 0.787. The van der Waals surface area contributed by atoms with E-state index in [0.717, 1.165) is 42.9 Å². The number of hydrogen-bond donors (Lipinski definition) is 0. The van der Waals surface area contributed by atoms with Crippen LogP contribution in [0.25, 0.3) is 0 Å². The second-order valence-corrected chi connectivity index (χ2v) is 6.88. The molecule has 5 nitrogen and oxygen atoms in total. The molecule has 2 aromatic heterocycles. The van der Waals surface area contributed by atoms with E-state index in [1.807, 2.05) is 19.3 Å². The molecule has 0 atom stereocenters.